The maximum atomic E-state index is 12.9. The van der Waals surface area contributed by atoms with Gasteiger partial charge in [-0.15, -0.1) is 0 Å². The number of β-amino-alcohol motifs (C(OH)–C–C–N with tert-alkyl or cyclic N) is 1. The Morgan fingerprint density at radius 3 is 2.60 bits per heavy atom. The van der Waals surface area contributed by atoms with Crippen molar-refractivity contribution in [2.45, 2.75) is 51.2 Å². The Kier molecular flexibility index (Phi) is 6.20. The van der Waals surface area contributed by atoms with Crippen molar-refractivity contribution in [2.24, 2.45) is 5.41 Å². The van der Waals surface area contributed by atoms with Crippen LogP contribution in [0.5, 0.6) is 0 Å². The predicted octanol–water partition coefficient (Wildman–Crippen LogP) is 3.18. The number of nitrogens with zero attached hydrogens (tertiary/aromatic N) is 3. The van der Waals surface area contributed by atoms with Gasteiger partial charge in [0.15, 0.2) is 0 Å². The average Bonchev–Trinajstić information content (AvgIpc) is 3.50. The fraction of sp³-hybridized carbons (Fsp3) is 0.636. The molecule has 1 aliphatic carbocycles. The highest BCUT2D eigenvalue weighted by molar-refractivity contribution is 6.42. The number of hydrogen-bond acceptors (Lipinski definition) is 4. The second kappa shape index (κ2) is 8.56. The first-order chi connectivity index (χ1) is 14.3. The van der Waals surface area contributed by atoms with Crippen LogP contribution in [0.4, 0.5) is 5.69 Å². The van der Waals surface area contributed by atoms with Gasteiger partial charge >= 0.3 is 0 Å². The number of aliphatic hydroxyl groups excluding tert-OH is 1. The molecule has 3 fully saturated rings. The van der Waals surface area contributed by atoms with E-state index in [1.165, 1.54) is 0 Å². The summed E-state index contributed by atoms with van der Waals surface area (Å²) < 4.78 is 0. The minimum Gasteiger partial charge on any atom is -0.391 e. The van der Waals surface area contributed by atoms with E-state index in [2.05, 4.69) is 0 Å². The number of piperazine rings is 1. The quantitative estimate of drug-likeness (QED) is 0.743. The summed E-state index contributed by atoms with van der Waals surface area (Å²) in [5.74, 6) is 0.142. The van der Waals surface area contributed by atoms with Crippen molar-refractivity contribution in [1.29, 1.82) is 0 Å². The molecule has 2 unspecified atom stereocenters. The topological polar surface area (TPSA) is 64.1 Å². The summed E-state index contributed by atoms with van der Waals surface area (Å²) in [5.41, 5.74) is 0.991. The first-order valence-corrected chi connectivity index (χ1v) is 11.5. The van der Waals surface area contributed by atoms with E-state index >= 15 is 0 Å². The van der Waals surface area contributed by atoms with Crippen LogP contribution in [0, 0.1) is 5.41 Å². The van der Waals surface area contributed by atoms with Crippen LogP contribution in [-0.4, -0.2) is 71.6 Å². The number of benzene rings is 1. The number of anilines is 1. The van der Waals surface area contributed by atoms with Crippen molar-refractivity contribution in [3.05, 3.63) is 28.2 Å². The summed E-state index contributed by atoms with van der Waals surface area (Å²) in [5, 5.41) is 11.3. The molecule has 1 saturated carbocycles. The van der Waals surface area contributed by atoms with Gasteiger partial charge < -0.3 is 19.8 Å². The van der Waals surface area contributed by atoms with Crippen LogP contribution < -0.4 is 4.90 Å². The molecule has 1 aromatic rings. The normalized spacial score (nSPS) is 25.7. The van der Waals surface area contributed by atoms with Crippen molar-refractivity contribution in [3.8, 4) is 0 Å². The number of rotatable bonds is 5. The van der Waals surface area contributed by atoms with E-state index in [0.717, 1.165) is 31.5 Å². The lowest BCUT2D eigenvalue weighted by Crippen LogP contribution is -2.56. The Balaban J connectivity index is 1.25. The summed E-state index contributed by atoms with van der Waals surface area (Å²) in [7, 11) is 0. The summed E-state index contributed by atoms with van der Waals surface area (Å²) in [4.78, 5) is 31.1. The lowest BCUT2D eigenvalue weighted by Gasteiger charge is -2.40. The minimum absolute atomic E-state index is 0.0591. The number of carbonyl (C=O) groups excluding carboxylic acids is 2. The van der Waals surface area contributed by atoms with E-state index in [0.29, 0.717) is 49.1 Å². The largest absolute Gasteiger partial charge is 0.391 e. The van der Waals surface area contributed by atoms with E-state index in [-0.39, 0.29) is 29.4 Å². The van der Waals surface area contributed by atoms with Gasteiger partial charge in [-0.1, -0.05) is 23.2 Å². The number of likely N-dealkylation sites (tertiary alicyclic amines) is 1. The molecule has 164 valence electrons. The maximum Gasteiger partial charge on any atom is 0.245 e. The van der Waals surface area contributed by atoms with Crippen molar-refractivity contribution in [3.63, 3.8) is 0 Å². The fourth-order valence-corrected chi connectivity index (χ4v) is 5.03. The molecular formula is C22H29Cl2N3O3. The molecule has 0 bridgehead atoms. The molecule has 2 saturated heterocycles. The molecule has 2 aliphatic heterocycles. The molecule has 2 atom stereocenters. The second-order valence-corrected chi connectivity index (χ2v) is 9.68. The number of halogens is 2. The Morgan fingerprint density at radius 2 is 1.93 bits per heavy atom. The van der Waals surface area contributed by atoms with Crippen LogP contribution in [0.25, 0.3) is 0 Å². The minimum atomic E-state index is -0.382. The van der Waals surface area contributed by atoms with Crippen LogP contribution in [-0.2, 0) is 9.59 Å². The van der Waals surface area contributed by atoms with Gasteiger partial charge in [0.05, 0.1) is 16.1 Å². The van der Waals surface area contributed by atoms with Crippen molar-refractivity contribution in [1.82, 2.24) is 9.80 Å². The van der Waals surface area contributed by atoms with E-state index in [1.807, 2.05) is 22.8 Å². The van der Waals surface area contributed by atoms with E-state index in [9.17, 15) is 14.7 Å². The van der Waals surface area contributed by atoms with E-state index < -0.39 is 0 Å². The third-order valence-electron chi connectivity index (χ3n) is 7.03. The summed E-state index contributed by atoms with van der Waals surface area (Å²) in [6.45, 7) is 4.99. The molecule has 8 heteroatoms. The van der Waals surface area contributed by atoms with Crippen LogP contribution in [0.15, 0.2) is 18.2 Å². The van der Waals surface area contributed by atoms with E-state index in [4.69, 9.17) is 23.2 Å². The molecule has 2 heterocycles. The summed E-state index contributed by atoms with van der Waals surface area (Å²) >= 11 is 12.1. The number of carbonyl (C=O) groups is 2. The van der Waals surface area contributed by atoms with Gasteiger partial charge in [-0.3, -0.25) is 9.59 Å². The first kappa shape index (κ1) is 21.7. The highest BCUT2D eigenvalue weighted by atomic mass is 35.5. The van der Waals surface area contributed by atoms with Gasteiger partial charge in [-0.05, 0) is 56.2 Å². The monoisotopic (exact) mass is 453 g/mol. The lowest BCUT2D eigenvalue weighted by molar-refractivity contribution is -0.138. The highest BCUT2D eigenvalue weighted by Crippen LogP contribution is 2.53. The van der Waals surface area contributed by atoms with Crippen molar-refractivity contribution >= 4 is 40.7 Å². The maximum absolute atomic E-state index is 12.9. The smallest absolute Gasteiger partial charge is 0.245 e. The fourth-order valence-electron chi connectivity index (χ4n) is 4.74. The lowest BCUT2D eigenvalue weighted by atomic mass is 9.90. The Bertz CT molecular complexity index is 830. The number of hydrogen-bond donors (Lipinski definition) is 1. The third-order valence-corrected chi connectivity index (χ3v) is 7.76. The molecule has 0 radical (unpaired) electrons. The van der Waals surface area contributed by atoms with Crippen molar-refractivity contribution in [2.75, 3.05) is 37.6 Å². The summed E-state index contributed by atoms with van der Waals surface area (Å²) in [6, 6.07) is 5.13. The van der Waals surface area contributed by atoms with Gasteiger partial charge in [-0.25, -0.2) is 0 Å². The molecule has 1 aromatic carbocycles. The van der Waals surface area contributed by atoms with Gasteiger partial charge in [0.1, 0.15) is 6.04 Å². The molecule has 6 nitrogen and oxygen atoms in total. The third kappa shape index (κ3) is 4.27. The number of piperidine rings is 1. The molecule has 4 rings (SSSR count). The van der Waals surface area contributed by atoms with Gasteiger partial charge in [0, 0.05) is 44.8 Å². The molecule has 2 amide bonds. The van der Waals surface area contributed by atoms with Crippen LogP contribution >= 0.6 is 23.2 Å². The summed E-state index contributed by atoms with van der Waals surface area (Å²) in [6.07, 6.45) is 3.75. The van der Waals surface area contributed by atoms with Gasteiger partial charge in [0.25, 0.3) is 0 Å². The molecule has 30 heavy (non-hydrogen) atoms. The SMILES string of the molecule is CC1C(=O)N(CCCC(=O)N2CCC3(CC3)C(O)C2)CCN1c1ccc(Cl)c(Cl)c1. The zero-order valence-electron chi connectivity index (χ0n) is 17.3. The van der Waals surface area contributed by atoms with Crippen LogP contribution in [0.2, 0.25) is 10.0 Å². The van der Waals surface area contributed by atoms with E-state index in [1.54, 1.807) is 17.0 Å². The number of amides is 2. The molecule has 1 spiro atoms. The molecule has 3 aliphatic rings. The molecule has 1 N–H and O–H groups in total. The van der Waals surface area contributed by atoms with Gasteiger partial charge in [-0.2, -0.15) is 0 Å². The van der Waals surface area contributed by atoms with Crippen molar-refractivity contribution < 1.29 is 14.7 Å². The Labute approximate surface area is 187 Å². The molecular weight excluding hydrogens is 425 g/mol. The predicted molar refractivity (Wildman–Crippen MR) is 118 cm³/mol. The van der Waals surface area contributed by atoms with Crippen LogP contribution in [0.3, 0.4) is 0 Å². The number of aliphatic hydroxyl groups is 1. The van der Waals surface area contributed by atoms with Gasteiger partial charge in [0.2, 0.25) is 11.8 Å². The zero-order valence-corrected chi connectivity index (χ0v) is 18.8. The standard InChI is InChI=1S/C22H29Cl2N3O3/c1-15-21(30)25(11-12-27(15)16-4-5-17(23)18(24)13-16)9-2-3-20(29)26-10-8-22(6-7-22)19(28)14-26/h4-5,13,15,19,28H,2-3,6-12,14H2,1H3. The second-order valence-electron chi connectivity index (χ2n) is 8.86. The first-order valence-electron chi connectivity index (χ1n) is 10.8. The Morgan fingerprint density at radius 1 is 1.17 bits per heavy atom. The molecule has 0 aromatic heterocycles. The highest BCUT2D eigenvalue weighted by Gasteiger charge is 2.51. The Hall–Kier alpha value is -1.50. The zero-order chi connectivity index (χ0) is 21.5. The van der Waals surface area contributed by atoms with Crippen LogP contribution in [0.1, 0.15) is 39.0 Å². The average molecular weight is 454 g/mol.